The second kappa shape index (κ2) is 7.35. The van der Waals surface area contributed by atoms with Crippen molar-refractivity contribution in [2.45, 2.75) is 19.8 Å². The average Bonchev–Trinajstić information content (AvgIpc) is 2.93. The van der Waals surface area contributed by atoms with Gasteiger partial charge in [0, 0.05) is 19.2 Å². The van der Waals surface area contributed by atoms with Crippen molar-refractivity contribution < 1.29 is 14.3 Å². The number of pyridine rings is 1. The number of amides is 1. The molecule has 2 aromatic heterocycles. The van der Waals surface area contributed by atoms with Crippen molar-refractivity contribution in [3.8, 4) is 5.82 Å². The molecule has 2 aromatic rings. The normalized spacial score (nSPS) is 10.3. The summed E-state index contributed by atoms with van der Waals surface area (Å²) in [4.78, 5) is 27.3. The van der Waals surface area contributed by atoms with E-state index in [4.69, 9.17) is 0 Å². The second-order valence-electron chi connectivity index (χ2n) is 4.68. The van der Waals surface area contributed by atoms with Crippen molar-refractivity contribution >= 4 is 11.9 Å². The van der Waals surface area contributed by atoms with E-state index in [9.17, 15) is 9.59 Å². The maximum Gasteiger partial charge on any atom is 0.305 e. The number of nitrogens with one attached hydrogen (secondary N) is 1. The Morgan fingerprint density at radius 3 is 2.86 bits per heavy atom. The van der Waals surface area contributed by atoms with Crippen LogP contribution in [-0.4, -0.2) is 40.3 Å². The van der Waals surface area contributed by atoms with Gasteiger partial charge in [0.2, 0.25) is 0 Å². The Morgan fingerprint density at radius 1 is 1.36 bits per heavy atom. The lowest BCUT2D eigenvalue weighted by Gasteiger charge is -2.05. The molecule has 1 amide bonds. The van der Waals surface area contributed by atoms with Crippen LogP contribution in [0.2, 0.25) is 0 Å². The topological polar surface area (TPSA) is 86.1 Å². The number of aromatic nitrogens is 3. The molecule has 0 saturated heterocycles. The Hall–Kier alpha value is -2.70. The van der Waals surface area contributed by atoms with Gasteiger partial charge in [-0.25, -0.2) is 9.67 Å². The number of hydrogen-bond acceptors (Lipinski definition) is 5. The van der Waals surface area contributed by atoms with Gasteiger partial charge in [-0.05, 0) is 25.5 Å². The van der Waals surface area contributed by atoms with Crippen LogP contribution in [0.25, 0.3) is 5.82 Å². The van der Waals surface area contributed by atoms with Gasteiger partial charge in [-0.1, -0.05) is 6.07 Å². The third-order valence-corrected chi connectivity index (χ3v) is 3.19. The summed E-state index contributed by atoms with van der Waals surface area (Å²) in [5.41, 5.74) is 1.20. The lowest BCUT2D eigenvalue weighted by molar-refractivity contribution is -0.140. The Morgan fingerprint density at radius 2 is 2.18 bits per heavy atom. The molecule has 0 atom stereocenters. The molecule has 0 radical (unpaired) electrons. The van der Waals surface area contributed by atoms with Gasteiger partial charge in [-0.3, -0.25) is 9.59 Å². The monoisotopic (exact) mass is 302 g/mol. The van der Waals surface area contributed by atoms with E-state index in [0.717, 1.165) is 0 Å². The fourth-order valence-corrected chi connectivity index (χ4v) is 1.97. The Balaban J connectivity index is 1.97. The molecule has 2 heterocycles. The molecule has 7 nitrogen and oxygen atoms in total. The summed E-state index contributed by atoms with van der Waals surface area (Å²) in [6, 6.07) is 5.49. The van der Waals surface area contributed by atoms with E-state index < -0.39 is 0 Å². The molecule has 2 rings (SSSR count). The van der Waals surface area contributed by atoms with Gasteiger partial charge in [0.05, 0.1) is 24.6 Å². The number of carbonyl (C=O) groups excluding carboxylic acids is 2. The average molecular weight is 302 g/mol. The summed E-state index contributed by atoms with van der Waals surface area (Å²) in [7, 11) is 1.34. The van der Waals surface area contributed by atoms with E-state index in [1.807, 2.05) is 25.1 Å². The number of methoxy groups -OCH3 is 1. The zero-order valence-electron chi connectivity index (χ0n) is 12.6. The molecule has 0 fully saturated rings. The van der Waals surface area contributed by atoms with Gasteiger partial charge in [-0.15, -0.1) is 0 Å². The van der Waals surface area contributed by atoms with Crippen molar-refractivity contribution in [1.82, 2.24) is 20.1 Å². The lowest BCUT2D eigenvalue weighted by atomic mass is 10.2. The van der Waals surface area contributed by atoms with Crippen molar-refractivity contribution in [2.24, 2.45) is 0 Å². The fraction of sp³-hybridized carbons (Fsp3) is 0.333. The van der Waals surface area contributed by atoms with Gasteiger partial charge in [0.15, 0.2) is 5.82 Å². The molecule has 116 valence electrons. The van der Waals surface area contributed by atoms with Gasteiger partial charge in [0.1, 0.15) is 0 Å². The molecule has 0 aromatic carbocycles. The molecule has 0 aliphatic rings. The largest absolute Gasteiger partial charge is 0.469 e. The standard InChI is InChI=1S/C15H18N4O3/c1-11-12(15(21)17-9-5-7-14(20)22-2)10-18-19(11)13-6-3-4-8-16-13/h3-4,6,8,10H,5,7,9H2,1-2H3,(H,17,21). The molecule has 0 spiro atoms. The minimum Gasteiger partial charge on any atom is -0.469 e. The molecule has 0 aliphatic heterocycles. The predicted octanol–water partition coefficient (Wildman–Crippen LogP) is 1.26. The maximum absolute atomic E-state index is 12.1. The quantitative estimate of drug-likeness (QED) is 0.641. The van der Waals surface area contributed by atoms with Crippen LogP contribution >= 0.6 is 0 Å². The van der Waals surface area contributed by atoms with Crippen molar-refractivity contribution in [3.05, 3.63) is 41.9 Å². The van der Waals surface area contributed by atoms with Crippen LogP contribution < -0.4 is 5.32 Å². The summed E-state index contributed by atoms with van der Waals surface area (Å²) in [5.74, 6) is 0.155. The van der Waals surface area contributed by atoms with E-state index in [1.165, 1.54) is 13.3 Å². The second-order valence-corrected chi connectivity index (χ2v) is 4.68. The minimum atomic E-state index is -0.284. The molecule has 22 heavy (non-hydrogen) atoms. The lowest BCUT2D eigenvalue weighted by Crippen LogP contribution is -2.25. The third kappa shape index (κ3) is 3.69. The summed E-state index contributed by atoms with van der Waals surface area (Å²) < 4.78 is 6.16. The van der Waals surface area contributed by atoms with E-state index in [-0.39, 0.29) is 18.3 Å². The molecule has 0 unspecified atom stereocenters. The van der Waals surface area contributed by atoms with Gasteiger partial charge >= 0.3 is 5.97 Å². The van der Waals surface area contributed by atoms with E-state index in [2.05, 4.69) is 20.1 Å². The number of ether oxygens (including phenoxy) is 1. The summed E-state index contributed by atoms with van der Waals surface area (Å²) in [6.07, 6.45) is 4.00. The molecule has 7 heteroatoms. The predicted molar refractivity (Wildman–Crippen MR) is 79.7 cm³/mol. The highest BCUT2D eigenvalue weighted by molar-refractivity contribution is 5.95. The van der Waals surface area contributed by atoms with Crippen LogP contribution in [0.4, 0.5) is 0 Å². The van der Waals surface area contributed by atoms with E-state index in [0.29, 0.717) is 30.0 Å². The molecular formula is C15H18N4O3. The van der Waals surface area contributed by atoms with Crippen LogP contribution in [0.5, 0.6) is 0 Å². The number of carbonyl (C=O) groups is 2. The van der Waals surface area contributed by atoms with Crippen molar-refractivity contribution in [3.63, 3.8) is 0 Å². The minimum absolute atomic E-state index is 0.218. The molecule has 0 saturated carbocycles. The Labute approximate surface area is 128 Å². The van der Waals surface area contributed by atoms with Crippen LogP contribution in [0.3, 0.4) is 0 Å². The first-order chi connectivity index (χ1) is 10.6. The van der Waals surface area contributed by atoms with Gasteiger partial charge in [-0.2, -0.15) is 5.10 Å². The fourth-order valence-electron chi connectivity index (χ4n) is 1.97. The maximum atomic E-state index is 12.1. The first-order valence-corrected chi connectivity index (χ1v) is 6.94. The number of esters is 1. The van der Waals surface area contributed by atoms with E-state index >= 15 is 0 Å². The summed E-state index contributed by atoms with van der Waals surface area (Å²) in [6.45, 7) is 2.22. The van der Waals surface area contributed by atoms with E-state index in [1.54, 1.807) is 10.9 Å². The van der Waals surface area contributed by atoms with Crippen LogP contribution in [-0.2, 0) is 9.53 Å². The summed E-state index contributed by atoms with van der Waals surface area (Å²) >= 11 is 0. The Kier molecular flexibility index (Phi) is 5.24. The van der Waals surface area contributed by atoms with Gasteiger partial charge in [0.25, 0.3) is 5.91 Å². The van der Waals surface area contributed by atoms with Gasteiger partial charge < -0.3 is 10.1 Å². The number of rotatable bonds is 6. The highest BCUT2D eigenvalue weighted by Crippen LogP contribution is 2.11. The summed E-state index contributed by atoms with van der Waals surface area (Å²) in [5, 5.41) is 6.96. The number of hydrogen-bond donors (Lipinski definition) is 1. The van der Waals surface area contributed by atoms with Crippen LogP contribution in [0.15, 0.2) is 30.6 Å². The Bertz CT molecular complexity index is 652. The van der Waals surface area contributed by atoms with Crippen molar-refractivity contribution in [2.75, 3.05) is 13.7 Å². The smallest absolute Gasteiger partial charge is 0.305 e. The third-order valence-electron chi connectivity index (χ3n) is 3.19. The zero-order valence-corrected chi connectivity index (χ0v) is 12.6. The molecular weight excluding hydrogens is 284 g/mol. The first kappa shape index (κ1) is 15.7. The molecule has 0 bridgehead atoms. The molecule has 1 N–H and O–H groups in total. The van der Waals surface area contributed by atoms with Crippen LogP contribution in [0, 0.1) is 6.92 Å². The highest BCUT2D eigenvalue weighted by atomic mass is 16.5. The van der Waals surface area contributed by atoms with Crippen LogP contribution in [0.1, 0.15) is 28.9 Å². The SMILES string of the molecule is COC(=O)CCCNC(=O)c1cnn(-c2ccccn2)c1C. The van der Waals surface area contributed by atoms with Crippen molar-refractivity contribution in [1.29, 1.82) is 0 Å². The first-order valence-electron chi connectivity index (χ1n) is 6.94. The zero-order chi connectivity index (χ0) is 15.9. The highest BCUT2D eigenvalue weighted by Gasteiger charge is 2.15. The molecule has 0 aliphatic carbocycles. The number of nitrogens with zero attached hydrogens (tertiary/aromatic N) is 3.